The van der Waals surface area contributed by atoms with Crippen LogP contribution in [0.3, 0.4) is 0 Å². The third-order valence-corrected chi connectivity index (χ3v) is 5.69. The Labute approximate surface area is 173 Å². The Morgan fingerprint density at radius 1 is 1.31 bits per heavy atom. The van der Waals surface area contributed by atoms with Gasteiger partial charge in [-0.3, -0.25) is 4.99 Å². The van der Waals surface area contributed by atoms with Gasteiger partial charge < -0.3 is 14.4 Å². The summed E-state index contributed by atoms with van der Waals surface area (Å²) in [5.41, 5.74) is 4.72. The molecule has 0 fully saturated rings. The van der Waals surface area contributed by atoms with Crippen LogP contribution in [0.2, 0.25) is 0 Å². The zero-order valence-corrected chi connectivity index (χ0v) is 18.2. The fourth-order valence-corrected chi connectivity index (χ4v) is 3.96. The summed E-state index contributed by atoms with van der Waals surface area (Å²) in [6, 6.07) is 11.4. The molecule has 29 heavy (non-hydrogen) atoms. The van der Waals surface area contributed by atoms with E-state index < -0.39 is 0 Å². The summed E-state index contributed by atoms with van der Waals surface area (Å²) in [6.45, 7) is 8.95. The summed E-state index contributed by atoms with van der Waals surface area (Å²) in [5, 5.41) is 0. The number of carbonyl (C=O) groups is 1. The average Bonchev–Trinajstić information content (AvgIpc) is 2.70. The van der Waals surface area contributed by atoms with E-state index in [1.165, 1.54) is 11.3 Å². The van der Waals surface area contributed by atoms with Gasteiger partial charge in [-0.1, -0.05) is 13.0 Å². The number of carbonyl (C=O) groups excluding carboxylic acids is 1. The third kappa shape index (κ3) is 4.29. The second-order valence-electron chi connectivity index (χ2n) is 8.16. The molecule has 1 atom stereocenters. The summed E-state index contributed by atoms with van der Waals surface area (Å²) in [6.07, 6.45) is 2.89. The molecule has 0 bridgehead atoms. The van der Waals surface area contributed by atoms with Crippen LogP contribution in [-0.4, -0.2) is 38.5 Å². The van der Waals surface area contributed by atoms with Gasteiger partial charge in [0.05, 0.1) is 25.0 Å². The quantitative estimate of drug-likeness (QED) is 0.507. The van der Waals surface area contributed by atoms with Crippen molar-refractivity contribution in [2.45, 2.75) is 45.6 Å². The summed E-state index contributed by atoms with van der Waals surface area (Å²) in [5.74, 6) is 0.891. The molecule has 0 amide bonds. The maximum atomic E-state index is 12.0. The second kappa shape index (κ2) is 8.27. The first kappa shape index (κ1) is 20.9. The van der Waals surface area contributed by atoms with Gasteiger partial charge in [0, 0.05) is 36.1 Å². The van der Waals surface area contributed by atoms with E-state index in [0.717, 1.165) is 17.7 Å². The van der Waals surface area contributed by atoms with Crippen molar-refractivity contribution in [1.82, 2.24) is 0 Å². The van der Waals surface area contributed by atoms with Crippen LogP contribution in [-0.2, 0) is 4.74 Å². The highest BCUT2D eigenvalue weighted by molar-refractivity contribution is 5.91. The number of hydrogen-bond donors (Lipinski definition) is 0. The van der Waals surface area contributed by atoms with Gasteiger partial charge in [-0.2, -0.15) is 0 Å². The van der Waals surface area contributed by atoms with Gasteiger partial charge in [-0.15, -0.1) is 0 Å². The number of anilines is 1. The first-order valence-corrected chi connectivity index (χ1v) is 10.0. The topological polar surface area (TPSA) is 51.1 Å². The van der Waals surface area contributed by atoms with Crippen LogP contribution in [0.5, 0.6) is 5.75 Å². The Hall–Kier alpha value is -2.82. The normalized spacial score (nSPS) is 17.9. The molecule has 0 N–H and O–H groups in total. The number of fused-ring (bicyclic) bond motifs is 1. The highest BCUT2D eigenvalue weighted by Gasteiger charge is 2.34. The number of aliphatic imine (C=N–C) groups is 1. The van der Waals surface area contributed by atoms with Crippen molar-refractivity contribution >= 4 is 23.6 Å². The van der Waals surface area contributed by atoms with Crippen molar-refractivity contribution in [3.63, 3.8) is 0 Å². The van der Waals surface area contributed by atoms with Crippen LogP contribution in [0.4, 0.5) is 11.4 Å². The van der Waals surface area contributed by atoms with Crippen molar-refractivity contribution in [1.29, 1.82) is 0 Å². The molecule has 1 aliphatic rings. The molecule has 5 heteroatoms. The summed E-state index contributed by atoms with van der Waals surface area (Å²) in [4.78, 5) is 18.9. The summed E-state index contributed by atoms with van der Waals surface area (Å²) >= 11 is 0. The van der Waals surface area contributed by atoms with Crippen LogP contribution in [0.25, 0.3) is 0 Å². The number of rotatable bonds is 5. The molecule has 0 aromatic heterocycles. The maximum Gasteiger partial charge on any atom is 0.338 e. The number of esters is 1. The van der Waals surface area contributed by atoms with Crippen molar-refractivity contribution < 1.29 is 14.3 Å². The molecule has 3 rings (SSSR count). The molecule has 0 saturated carbocycles. The van der Waals surface area contributed by atoms with E-state index in [-0.39, 0.29) is 11.5 Å². The molecule has 5 nitrogen and oxygen atoms in total. The molecule has 0 aliphatic carbocycles. The highest BCUT2D eigenvalue weighted by atomic mass is 16.5. The molecule has 0 spiro atoms. The number of hydrogen-bond acceptors (Lipinski definition) is 5. The first-order valence-electron chi connectivity index (χ1n) is 10.0. The van der Waals surface area contributed by atoms with Gasteiger partial charge in [0.1, 0.15) is 5.75 Å². The minimum absolute atomic E-state index is 0.0978. The van der Waals surface area contributed by atoms with Crippen LogP contribution >= 0.6 is 0 Å². The minimum Gasteiger partial charge on any atom is -0.496 e. The summed E-state index contributed by atoms with van der Waals surface area (Å²) < 4.78 is 10.7. The van der Waals surface area contributed by atoms with Gasteiger partial charge in [-0.05, 0) is 62.9 Å². The van der Waals surface area contributed by atoms with E-state index in [0.29, 0.717) is 23.8 Å². The minimum atomic E-state index is -0.338. The molecule has 2 aromatic carbocycles. The molecule has 154 valence electrons. The Morgan fingerprint density at radius 3 is 2.76 bits per heavy atom. The smallest absolute Gasteiger partial charge is 0.338 e. The average molecular weight is 395 g/mol. The predicted octanol–water partition coefficient (Wildman–Crippen LogP) is 5.34. The molecule has 0 radical (unpaired) electrons. The van der Waals surface area contributed by atoms with Crippen LogP contribution in [0.1, 0.15) is 61.5 Å². The second-order valence-corrected chi connectivity index (χ2v) is 8.16. The molecule has 1 aliphatic heterocycles. The van der Waals surface area contributed by atoms with Crippen LogP contribution in [0.15, 0.2) is 41.4 Å². The fourth-order valence-electron chi connectivity index (χ4n) is 3.96. The SMILES string of the molecule is CCOC(=O)c1cccc(N=Cc2cc3c(cc2OC)N(C)C(C)(C)CC3C)c1. The first-order chi connectivity index (χ1) is 13.8. The number of benzene rings is 2. The largest absolute Gasteiger partial charge is 0.496 e. The van der Waals surface area contributed by atoms with Gasteiger partial charge in [0.25, 0.3) is 0 Å². The molecule has 0 saturated heterocycles. The third-order valence-electron chi connectivity index (χ3n) is 5.69. The van der Waals surface area contributed by atoms with Crippen molar-refractivity contribution in [2.75, 3.05) is 25.7 Å². The Balaban J connectivity index is 1.95. The molecule has 1 unspecified atom stereocenters. The zero-order chi connectivity index (χ0) is 21.2. The lowest BCUT2D eigenvalue weighted by Crippen LogP contribution is -2.45. The number of nitrogens with zero attached hydrogens (tertiary/aromatic N) is 2. The Bertz CT molecular complexity index is 934. The van der Waals surface area contributed by atoms with E-state index in [2.05, 4.69) is 49.8 Å². The summed E-state index contributed by atoms with van der Waals surface area (Å²) in [7, 11) is 3.82. The van der Waals surface area contributed by atoms with Gasteiger partial charge >= 0.3 is 5.97 Å². The zero-order valence-electron chi connectivity index (χ0n) is 18.2. The van der Waals surface area contributed by atoms with Crippen molar-refractivity contribution in [3.05, 3.63) is 53.1 Å². The number of methoxy groups -OCH3 is 1. The fraction of sp³-hybridized carbons (Fsp3) is 0.417. The van der Waals surface area contributed by atoms with E-state index >= 15 is 0 Å². The molecule has 1 heterocycles. The lowest BCUT2D eigenvalue weighted by Gasteiger charge is -2.45. The van der Waals surface area contributed by atoms with E-state index in [4.69, 9.17) is 9.47 Å². The monoisotopic (exact) mass is 394 g/mol. The number of ether oxygens (including phenoxy) is 2. The van der Waals surface area contributed by atoms with Crippen LogP contribution < -0.4 is 9.64 Å². The lowest BCUT2D eigenvalue weighted by molar-refractivity contribution is 0.0526. The van der Waals surface area contributed by atoms with E-state index in [1.807, 2.05) is 12.1 Å². The predicted molar refractivity (Wildman–Crippen MR) is 118 cm³/mol. The standard InChI is InChI=1S/C24H30N2O3/c1-7-29-23(27)17-9-8-10-19(11-17)25-15-18-12-20-16(2)14-24(3,4)26(5)21(20)13-22(18)28-6/h8-13,15-16H,7,14H2,1-6H3. The molecular weight excluding hydrogens is 364 g/mol. The maximum absolute atomic E-state index is 12.0. The molecule has 2 aromatic rings. The van der Waals surface area contributed by atoms with Crippen molar-refractivity contribution in [2.24, 2.45) is 4.99 Å². The van der Waals surface area contributed by atoms with Gasteiger partial charge in [0.2, 0.25) is 0 Å². The van der Waals surface area contributed by atoms with Crippen molar-refractivity contribution in [3.8, 4) is 5.75 Å². The van der Waals surface area contributed by atoms with E-state index in [9.17, 15) is 4.79 Å². The van der Waals surface area contributed by atoms with Gasteiger partial charge in [0.15, 0.2) is 0 Å². The highest BCUT2D eigenvalue weighted by Crippen LogP contribution is 2.44. The van der Waals surface area contributed by atoms with Crippen LogP contribution in [0, 0.1) is 0 Å². The molecular formula is C24H30N2O3. The Kier molecular flexibility index (Phi) is 5.96. The van der Waals surface area contributed by atoms with E-state index in [1.54, 1.807) is 32.4 Å². The lowest BCUT2D eigenvalue weighted by atomic mass is 9.80. The Morgan fingerprint density at radius 2 is 2.07 bits per heavy atom. The van der Waals surface area contributed by atoms with Gasteiger partial charge in [-0.25, -0.2) is 4.79 Å².